The second kappa shape index (κ2) is 16.0. The highest BCUT2D eigenvalue weighted by Crippen LogP contribution is 2.32. The number of piperazine rings is 1. The number of fused-ring (bicyclic) bond motifs is 1. The van der Waals surface area contributed by atoms with Crippen LogP contribution in [0, 0.1) is 5.92 Å². The quantitative estimate of drug-likeness (QED) is 0.226. The van der Waals surface area contributed by atoms with Gasteiger partial charge in [-0.15, -0.1) is 0 Å². The zero-order chi connectivity index (χ0) is 33.4. The van der Waals surface area contributed by atoms with Crippen molar-refractivity contribution in [3.05, 3.63) is 107 Å². The number of benzene rings is 3. The van der Waals surface area contributed by atoms with Crippen LogP contribution in [-0.4, -0.2) is 88.3 Å². The SMILES string of the molecule is CC(C)(C)NC(=O)[C@@H]1CN(CCCc2ccccc2)CCN1C[C@@H](O)C[C@@H](Cc1ccccc1)C(=O)N[C@H]1c2ccccc2C[C@H]1O. The topological polar surface area (TPSA) is 105 Å². The van der Waals surface area contributed by atoms with E-state index in [0.29, 0.717) is 32.5 Å². The van der Waals surface area contributed by atoms with Gasteiger partial charge in [0.2, 0.25) is 11.8 Å². The van der Waals surface area contributed by atoms with E-state index in [1.54, 1.807) is 0 Å². The molecule has 8 nitrogen and oxygen atoms in total. The largest absolute Gasteiger partial charge is 0.392 e. The number of carbonyl (C=O) groups is 2. The molecule has 2 amide bonds. The van der Waals surface area contributed by atoms with Gasteiger partial charge in [-0.25, -0.2) is 0 Å². The molecule has 8 heteroatoms. The highest BCUT2D eigenvalue weighted by molar-refractivity contribution is 5.83. The number of β-amino-alcohol motifs (C(OH)–C–C–N with tert-alkyl or cyclic N) is 1. The van der Waals surface area contributed by atoms with Gasteiger partial charge in [0.15, 0.2) is 0 Å². The lowest BCUT2D eigenvalue weighted by Crippen LogP contribution is -2.62. The summed E-state index contributed by atoms with van der Waals surface area (Å²) in [6, 6.07) is 27.3. The molecule has 5 rings (SSSR count). The van der Waals surface area contributed by atoms with Crippen molar-refractivity contribution in [2.24, 2.45) is 5.92 Å². The molecule has 1 heterocycles. The maximum Gasteiger partial charge on any atom is 0.239 e. The van der Waals surface area contributed by atoms with E-state index >= 15 is 0 Å². The summed E-state index contributed by atoms with van der Waals surface area (Å²) >= 11 is 0. The lowest BCUT2D eigenvalue weighted by molar-refractivity contribution is -0.132. The molecule has 0 radical (unpaired) electrons. The Hall–Kier alpha value is -3.56. The fourth-order valence-electron chi connectivity index (χ4n) is 7.03. The molecular formula is C39H52N4O4. The molecular weight excluding hydrogens is 588 g/mol. The van der Waals surface area contributed by atoms with Gasteiger partial charge in [-0.05, 0) is 75.3 Å². The average Bonchev–Trinajstić information content (AvgIpc) is 3.35. The molecule has 5 atom stereocenters. The first-order valence-electron chi connectivity index (χ1n) is 17.2. The number of aryl methyl sites for hydroxylation is 1. The molecule has 0 spiro atoms. The normalized spacial score (nSPS) is 21.5. The molecule has 2 aliphatic rings. The predicted octanol–water partition coefficient (Wildman–Crippen LogP) is 3.90. The first kappa shape index (κ1) is 34.8. The number of hydrogen-bond donors (Lipinski definition) is 4. The first-order chi connectivity index (χ1) is 22.6. The summed E-state index contributed by atoms with van der Waals surface area (Å²) in [6.45, 7) is 9.22. The highest BCUT2D eigenvalue weighted by atomic mass is 16.3. The molecule has 0 unspecified atom stereocenters. The summed E-state index contributed by atoms with van der Waals surface area (Å²) in [5.74, 6) is -0.725. The smallest absolute Gasteiger partial charge is 0.239 e. The molecule has 1 fully saturated rings. The van der Waals surface area contributed by atoms with Crippen molar-refractivity contribution in [1.29, 1.82) is 0 Å². The Morgan fingerprint density at radius 2 is 1.57 bits per heavy atom. The summed E-state index contributed by atoms with van der Waals surface area (Å²) in [5, 5.41) is 28.6. The van der Waals surface area contributed by atoms with Gasteiger partial charge in [-0.3, -0.25) is 19.4 Å². The van der Waals surface area contributed by atoms with E-state index in [2.05, 4.69) is 44.7 Å². The summed E-state index contributed by atoms with van der Waals surface area (Å²) in [4.78, 5) is 31.9. The molecule has 4 N–H and O–H groups in total. The minimum Gasteiger partial charge on any atom is -0.392 e. The van der Waals surface area contributed by atoms with E-state index in [1.807, 2.05) is 81.4 Å². The number of aliphatic hydroxyl groups is 2. The molecule has 3 aromatic rings. The average molecular weight is 641 g/mol. The molecule has 1 aliphatic heterocycles. The van der Waals surface area contributed by atoms with Crippen LogP contribution in [-0.2, 0) is 28.9 Å². The van der Waals surface area contributed by atoms with Crippen LogP contribution in [0.25, 0.3) is 0 Å². The molecule has 0 aromatic heterocycles. The number of carbonyl (C=O) groups excluding carboxylic acids is 2. The fourth-order valence-corrected chi connectivity index (χ4v) is 7.03. The van der Waals surface area contributed by atoms with E-state index in [4.69, 9.17) is 0 Å². The Kier molecular flexibility index (Phi) is 11.9. The van der Waals surface area contributed by atoms with Crippen LogP contribution in [0.15, 0.2) is 84.9 Å². The molecule has 47 heavy (non-hydrogen) atoms. The molecule has 0 saturated carbocycles. The lowest BCUT2D eigenvalue weighted by atomic mass is 9.91. The molecule has 1 aliphatic carbocycles. The zero-order valence-electron chi connectivity index (χ0n) is 28.1. The molecule has 1 saturated heterocycles. The second-order valence-electron chi connectivity index (χ2n) is 14.4. The van der Waals surface area contributed by atoms with Crippen molar-refractivity contribution in [3.63, 3.8) is 0 Å². The Morgan fingerprint density at radius 3 is 2.28 bits per heavy atom. The van der Waals surface area contributed by atoms with Crippen LogP contribution >= 0.6 is 0 Å². The Bertz CT molecular complexity index is 1440. The summed E-state index contributed by atoms with van der Waals surface area (Å²) in [7, 11) is 0. The third-order valence-electron chi connectivity index (χ3n) is 9.36. The summed E-state index contributed by atoms with van der Waals surface area (Å²) in [5.41, 5.74) is 3.94. The third kappa shape index (κ3) is 9.97. The number of rotatable bonds is 13. The van der Waals surface area contributed by atoms with Crippen LogP contribution in [0.2, 0.25) is 0 Å². The Balaban J connectivity index is 1.25. The van der Waals surface area contributed by atoms with Gasteiger partial charge in [-0.1, -0.05) is 84.9 Å². The Morgan fingerprint density at radius 1 is 0.915 bits per heavy atom. The van der Waals surface area contributed by atoms with E-state index in [-0.39, 0.29) is 23.8 Å². The van der Waals surface area contributed by atoms with Crippen LogP contribution < -0.4 is 10.6 Å². The van der Waals surface area contributed by atoms with Crippen LogP contribution in [0.1, 0.15) is 61.9 Å². The number of nitrogens with one attached hydrogen (secondary N) is 2. The minimum absolute atomic E-state index is 0.0371. The second-order valence-corrected chi connectivity index (χ2v) is 14.4. The van der Waals surface area contributed by atoms with Gasteiger partial charge in [0, 0.05) is 44.1 Å². The third-order valence-corrected chi connectivity index (χ3v) is 9.36. The van der Waals surface area contributed by atoms with Gasteiger partial charge in [0.1, 0.15) is 6.04 Å². The van der Waals surface area contributed by atoms with Crippen LogP contribution in [0.5, 0.6) is 0 Å². The van der Waals surface area contributed by atoms with Gasteiger partial charge in [0.25, 0.3) is 0 Å². The van der Waals surface area contributed by atoms with Gasteiger partial charge in [-0.2, -0.15) is 0 Å². The van der Waals surface area contributed by atoms with Crippen molar-refractivity contribution >= 4 is 11.8 Å². The summed E-state index contributed by atoms with van der Waals surface area (Å²) < 4.78 is 0. The van der Waals surface area contributed by atoms with Crippen molar-refractivity contribution in [2.45, 2.75) is 82.7 Å². The maximum atomic E-state index is 13.8. The van der Waals surface area contributed by atoms with Gasteiger partial charge < -0.3 is 20.8 Å². The molecule has 252 valence electrons. The van der Waals surface area contributed by atoms with Crippen molar-refractivity contribution in [1.82, 2.24) is 20.4 Å². The van der Waals surface area contributed by atoms with E-state index < -0.39 is 30.2 Å². The van der Waals surface area contributed by atoms with Crippen LogP contribution in [0.3, 0.4) is 0 Å². The molecule has 3 aromatic carbocycles. The van der Waals surface area contributed by atoms with E-state index in [1.165, 1.54) is 5.56 Å². The van der Waals surface area contributed by atoms with Crippen molar-refractivity contribution in [3.8, 4) is 0 Å². The van der Waals surface area contributed by atoms with E-state index in [9.17, 15) is 19.8 Å². The number of hydrogen-bond acceptors (Lipinski definition) is 6. The highest BCUT2D eigenvalue weighted by Gasteiger charge is 2.37. The maximum absolute atomic E-state index is 13.8. The Labute approximate surface area is 280 Å². The predicted molar refractivity (Wildman–Crippen MR) is 186 cm³/mol. The summed E-state index contributed by atoms with van der Waals surface area (Å²) in [6.07, 6.45) is 1.72. The minimum atomic E-state index is -0.815. The van der Waals surface area contributed by atoms with E-state index in [0.717, 1.165) is 42.6 Å². The first-order valence-corrected chi connectivity index (χ1v) is 17.2. The fraction of sp³-hybridized carbons (Fsp3) is 0.487. The molecule has 0 bridgehead atoms. The standard InChI is InChI=1S/C39H52N4O4/c1-39(2,3)41-38(47)34-27-42(20-12-17-28-13-6-4-7-14-28)21-22-43(34)26-32(44)24-31(23-29-15-8-5-9-16-29)37(46)40-36-33-19-11-10-18-30(33)25-35(36)45/h4-11,13-16,18-19,31-32,34-36,44-45H,12,17,20-27H2,1-3H3,(H,40,46)(H,41,47)/t31-,32+,34+,35-,36+/m1/s1. The lowest BCUT2D eigenvalue weighted by Gasteiger charge is -2.42. The van der Waals surface area contributed by atoms with Gasteiger partial charge >= 0.3 is 0 Å². The number of amides is 2. The van der Waals surface area contributed by atoms with Crippen LogP contribution in [0.4, 0.5) is 0 Å². The zero-order valence-corrected chi connectivity index (χ0v) is 28.1. The van der Waals surface area contributed by atoms with Crippen molar-refractivity contribution in [2.75, 3.05) is 32.7 Å². The van der Waals surface area contributed by atoms with Crippen molar-refractivity contribution < 1.29 is 19.8 Å². The monoisotopic (exact) mass is 640 g/mol. The number of nitrogens with zero attached hydrogens (tertiary/aromatic N) is 2. The van der Waals surface area contributed by atoms with Gasteiger partial charge in [0.05, 0.1) is 18.2 Å². The number of aliphatic hydroxyl groups excluding tert-OH is 2.